The molecule has 9 heteroatoms. The van der Waals surface area contributed by atoms with Gasteiger partial charge in [-0.1, -0.05) is 12.1 Å². The summed E-state index contributed by atoms with van der Waals surface area (Å²) in [5, 5.41) is 7.12. The van der Waals surface area contributed by atoms with Gasteiger partial charge in [0.25, 0.3) is 0 Å². The predicted molar refractivity (Wildman–Crippen MR) is 91.8 cm³/mol. The van der Waals surface area contributed by atoms with Crippen LogP contribution in [-0.4, -0.2) is 58.1 Å². The number of carboxylic acids is 1. The lowest BCUT2D eigenvalue weighted by atomic mass is 9.83. The van der Waals surface area contributed by atoms with Crippen molar-refractivity contribution in [2.45, 2.75) is 43.9 Å². The highest BCUT2D eigenvalue weighted by atomic mass is 19.4. The standard InChI is InChI=1S/C17H21FN2O.C2HF3O2/c18-15-5-1-13(2-6-15)11-20-10-8-17(20)7-9-19(12-17)16(21)14-3-4-14;3-2(4,5)1(6)7/h1-2,5-6,14H,3-4,7-12H2;(H,6,7). The molecule has 1 spiro atoms. The molecule has 28 heavy (non-hydrogen) atoms. The van der Waals surface area contributed by atoms with Gasteiger partial charge in [0.05, 0.1) is 0 Å². The van der Waals surface area contributed by atoms with Crippen molar-refractivity contribution in [2.75, 3.05) is 19.6 Å². The number of hydrogen-bond donors (Lipinski definition) is 1. The molecule has 0 radical (unpaired) electrons. The van der Waals surface area contributed by atoms with Gasteiger partial charge in [-0.15, -0.1) is 0 Å². The SMILES string of the molecule is O=C(C1CC1)N1CCC2(CCN2Cc2ccc(F)cc2)C1.O=C(O)C(F)(F)F. The Morgan fingerprint density at radius 3 is 2.14 bits per heavy atom. The van der Waals surface area contributed by atoms with E-state index in [2.05, 4.69) is 9.80 Å². The number of rotatable bonds is 3. The van der Waals surface area contributed by atoms with Crippen molar-refractivity contribution in [1.29, 1.82) is 0 Å². The first kappa shape index (κ1) is 20.6. The van der Waals surface area contributed by atoms with Crippen LogP contribution in [0.4, 0.5) is 17.6 Å². The largest absolute Gasteiger partial charge is 0.490 e. The number of alkyl halides is 3. The average Bonchev–Trinajstić information content (AvgIpc) is 3.37. The van der Waals surface area contributed by atoms with E-state index in [4.69, 9.17) is 9.90 Å². The van der Waals surface area contributed by atoms with Gasteiger partial charge in [0.1, 0.15) is 5.82 Å². The van der Waals surface area contributed by atoms with Gasteiger partial charge in [-0.05, 0) is 43.4 Å². The fourth-order valence-corrected chi connectivity index (χ4v) is 3.74. The Hall–Kier alpha value is -2.16. The maximum atomic E-state index is 13.0. The molecule has 1 aromatic rings. The van der Waals surface area contributed by atoms with Crippen LogP contribution in [0.3, 0.4) is 0 Å². The highest BCUT2D eigenvalue weighted by Gasteiger charge is 2.51. The summed E-state index contributed by atoms with van der Waals surface area (Å²) in [6.45, 7) is 3.76. The Bertz CT molecular complexity index is 734. The highest BCUT2D eigenvalue weighted by Crippen LogP contribution is 2.42. The molecule has 0 bridgehead atoms. The molecule has 2 heterocycles. The molecule has 0 aromatic heterocycles. The van der Waals surface area contributed by atoms with E-state index in [-0.39, 0.29) is 11.4 Å². The van der Waals surface area contributed by atoms with Crippen molar-refractivity contribution >= 4 is 11.9 Å². The number of halogens is 4. The molecule has 1 amide bonds. The molecule has 5 nitrogen and oxygen atoms in total. The Morgan fingerprint density at radius 2 is 1.68 bits per heavy atom. The van der Waals surface area contributed by atoms with E-state index in [1.165, 1.54) is 18.6 Å². The second kappa shape index (κ2) is 7.69. The lowest BCUT2D eigenvalue weighted by molar-refractivity contribution is -0.192. The summed E-state index contributed by atoms with van der Waals surface area (Å²) in [6, 6.07) is 6.78. The minimum Gasteiger partial charge on any atom is -0.475 e. The van der Waals surface area contributed by atoms with E-state index < -0.39 is 12.1 Å². The summed E-state index contributed by atoms with van der Waals surface area (Å²) in [5.41, 5.74) is 1.35. The van der Waals surface area contributed by atoms with Crippen molar-refractivity contribution in [3.63, 3.8) is 0 Å². The number of carbonyl (C=O) groups excluding carboxylic acids is 1. The minimum absolute atomic E-state index is 0.181. The van der Waals surface area contributed by atoms with Crippen LogP contribution in [0, 0.1) is 11.7 Å². The van der Waals surface area contributed by atoms with E-state index in [9.17, 15) is 22.4 Å². The van der Waals surface area contributed by atoms with Crippen molar-refractivity contribution in [1.82, 2.24) is 9.80 Å². The van der Waals surface area contributed by atoms with Crippen molar-refractivity contribution in [2.24, 2.45) is 5.92 Å². The van der Waals surface area contributed by atoms with Crippen molar-refractivity contribution < 1.29 is 32.3 Å². The summed E-state index contributed by atoms with van der Waals surface area (Å²) >= 11 is 0. The van der Waals surface area contributed by atoms with Gasteiger partial charge in [-0.3, -0.25) is 9.69 Å². The summed E-state index contributed by atoms with van der Waals surface area (Å²) in [6.07, 6.45) is -0.640. The first-order chi connectivity index (χ1) is 13.1. The van der Waals surface area contributed by atoms with Gasteiger partial charge in [0, 0.05) is 37.6 Å². The van der Waals surface area contributed by atoms with Crippen LogP contribution in [0.1, 0.15) is 31.2 Å². The lowest BCUT2D eigenvalue weighted by Crippen LogP contribution is -2.60. The number of hydrogen-bond acceptors (Lipinski definition) is 3. The molecule has 1 atom stereocenters. The van der Waals surface area contributed by atoms with Crippen LogP contribution < -0.4 is 0 Å². The second-order valence-corrected chi connectivity index (χ2v) is 7.61. The minimum atomic E-state index is -5.08. The Kier molecular flexibility index (Phi) is 5.65. The Labute approximate surface area is 159 Å². The summed E-state index contributed by atoms with van der Waals surface area (Å²) in [7, 11) is 0. The number of carboxylic acid groups (broad SMARTS) is 1. The molecule has 3 fully saturated rings. The Morgan fingerprint density at radius 1 is 1.11 bits per heavy atom. The third kappa shape index (κ3) is 4.63. The van der Waals surface area contributed by atoms with E-state index >= 15 is 0 Å². The number of carbonyl (C=O) groups is 2. The van der Waals surface area contributed by atoms with Crippen LogP contribution >= 0.6 is 0 Å². The molecule has 3 aliphatic rings. The molecule has 1 aromatic carbocycles. The molecule has 4 rings (SSSR count). The quantitative estimate of drug-likeness (QED) is 0.790. The van der Waals surface area contributed by atoms with Crippen LogP contribution in [0.25, 0.3) is 0 Å². The molecule has 1 N–H and O–H groups in total. The zero-order valence-corrected chi connectivity index (χ0v) is 15.2. The molecular weight excluding hydrogens is 380 g/mol. The molecule has 1 aliphatic carbocycles. The zero-order chi connectivity index (χ0) is 20.5. The fraction of sp³-hybridized carbons (Fsp3) is 0.579. The van der Waals surface area contributed by atoms with E-state index in [0.29, 0.717) is 11.8 Å². The number of aliphatic carboxylic acids is 1. The smallest absolute Gasteiger partial charge is 0.475 e. The van der Waals surface area contributed by atoms with Gasteiger partial charge in [-0.2, -0.15) is 13.2 Å². The maximum Gasteiger partial charge on any atom is 0.490 e. The topological polar surface area (TPSA) is 60.9 Å². The maximum absolute atomic E-state index is 13.0. The first-order valence-electron chi connectivity index (χ1n) is 9.19. The summed E-state index contributed by atoms with van der Waals surface area (Å²) in [4.78, 5) is 25.6. The van der Waals surface area contributed by atoms with Gasteiger partial charge in [0.2, 0.25) is 5.91 Å². The van der Waals surface area contributed by atoms with Gasteiger partial charge in [-0.25, -0.2) is 9.18 Å². The van der Waals surface area contributed by atoms with Crippen LogP contribution in [0.5, 0.6) is 0 Å². The summed E-state index contributed by atoms with van der Waals surface area (Å²) in [5.74, 6) is -2.24. The van der Waals surface area contributed by atoms with Gasteiger partial charge in [0.15, 0.2) is 0 Å². The van der Waals surface area contributed by atoms with Crippen molar-refractivity contribution in [3.8, 4) is 0 Å². The molecule has 2 saturated heterocycles. The third-order valence-corrected chi connectivity index (χ3v) is 5.62. The molecule has 2 aliphatic heterocycles. The van der Waals surface area contributed by atoms with Crippen molar-refractivity contribution in [3.05, 3.63) is 35.6 Å². The van der Waals surface area contributed by atoms with Crippen LogP contribution in [0.2, 0.25) is 0 Å². The zero-order valence-electron chi connectivity index (χ0n) is 15.2. The highest BCUT2D eigenvalue weighted by molar-refractivity contribution is 5.81. The van der Waals surface area contributed by atoms with Gasteiger partial charge < -0.3 is 10.0 Å². The normalized spacial score (nSPS) is 24.5. The second-order valence-electron chi connectivity index (χ2n) is 7.61. The van der Waals surface area contributed by atoms with E-state index in [1.807, 2.05) is 12.1 Å². The molecular formula is C19H22F4N2O3. The molecule has 1 unspecified atom stereocenters. The monoisotopic (exact) mass is 402 g/mol. The van der Waals surface area contributed by atoms with E-state index in [0.717, 1.165) is 51.0 Å². The van der Waals surface area contributed by atoms with E-state index in [1.54, 1.807) is 0 Å². The molecule has 1 saturated carbocycles. The third-order valence-electron chi connectivity index (χ3n) is 5.62. The van der Waals surface area contributed by atoms with Crippen LogP contribution in [-0.2, 0) is 16.1 Å². The predicted octanol–water partition coefficient (Wildman–Crippen LogP) is 3.05. The number of amides is 1. The first-order valence-corrected chi connectivity index (χ1v) is 9.19. The number of nitrogens with zero attached hydrogens (tertiary/aromatic N) is 2. The number of benzene rings is 1. The number of likely N-dealkylation sites (tertiary alicyclic amines) is 2. The van der Waals surface area contributed by atoms with Gasteiger partial charge >= 0.3 is 12.1 Å². The lowest BCUT2D eigenvalue weighted by Gasteiger charge is -2.50. The Balaban J connectivity index is 0.000000279. The molecule has 154 valence electrons. The fourth-order valence-electron chi connectivity index (χ4n) is 3.74. The van der Waals surface area contributed by atoms with Crippen LogP contribution in [0.15, 0.2) is 24.3 Å². The average molecular weight is 402 g/mol. The summed E-state index contributed by atoms with van der Waals surface area (Å²) < 4.78 is 44.7.